The van der Waals surface area contributed by atoms with E-state index in [1.54, 1.807) is 0 Å². The smallest absolute Gasteiger partial charge is 0.184 e. The molecule has 3 heteroatoms. The molecule has 0 aromatic carbocycles. The lowest BCUT2D eigenvalue weighted by Crippen LogP contribution is -2.42. The number of unbranched alkanes of at least 4 members (excludes halogenated alkanes) is 8. The van der Waals surface area contributed by atoms with E-state index in [1.807, 2.05) is 0 Å². The molecule has 0 fully saturated rings. The van der Waals surface area contributed by atoms with E-state index in [-0.39, 0.29) is 0 Å². The van der Waals surface area contributed by atoms with Gasteiger partial charge in [-0.3, -0.25) is 0 Å². The van der Waals surface area contributed by atoms with E-state index in [4.69, 9.17) is 4.43 Å². The molecule has 0 aromatic heterocycles. The molecule has 0 rings (SSSR count). The second-order valence-electron chi connectivity index (χ2n) is 9.64. The van der Waals surface area contributed by atoms with Crippen molar-refractivity contribution in [3.63, 3.8) is 0 Å². The Kier molecular flexibility index (Phi) is 13.8. The Hall–Kier alpha value is 0.394. The first-order valence-corrected chi connectivity index (χ1v) is 17.7. The van der Waals surface area contributed by atoms with Crippen molar-refractivity contribution in [2.75, 3.05) is 0 Å². The van der Waals surface area contributed by atoms with Crippen LogP contribution < -0.4 is 0 Å². The summed E-state index contributed by atoms with van der Waals surface area (Å²) >= 11 is 0. The highest BCUT2D eigenvalue weighted by atomic mass is 28.4. The topological polar surface area (TPSA) is 9.23 Å². The van der Waals surface area contributed by atoms with E-state index in [9.17, 15) is 0 Å². The van der Waals surface area contributed by atoms with Crippen LogP contribution in [0.1, 0.15) is 90.9 Å². The van der Waals surface area contributed by atoms with Crippen LogP contribution in [0.15, 0.2) is 0 Å². The highest BCUT2D eigenvalue weighted by Gasteiger charge is 2.32. The van der Waals surface area contributed by atoms with Gasteiger partial charge in [-0.2, -0.15) is 0 Å². The molecule has 0 aliphatic heterocycles. The molecule has 1 nitrogen and oxygen atoms in total. The van der Waals surface area contributed by atoms with Crippen LogP contribution in [0.25, 0.3) is 0 Å². The SMILES string of the molecule is CCCCCCCCCC(CCCCC)O[Si](C)(C)C[Si](C)(C)C. The van der Waals surface area contributed by atoms with Gasteiger partial charge in [-0.15, -0.1) is 0 Å². The summed E-state index contributed by atoms with van der Waals surface area (Å²) in [5, 5.41) is 0. The lowest BCUT2D eigenvalue weighted by molar-refractivity contribution is 0.164. The monoisotopic (exact) mass is 372 g/mol. The molecule has 146 valence electrons. The lowest BCUT2D eigenvalue weighted by Gasteiger charge is -2.33. The van der Waals surface area contributed by atoms with Gasteiger partial charge in [0.1, 0.15) is 0 Å². The molecule has 24 heavy (non-hydrogen) atoms. The van der Waals surface area contributed by atoms with Crippen LogP contribution in [0.5, 0.6) is 0 Å². The highest BCUT2D eigenvalue weighted by molar-refractivity contribution is 6.92. The van der Waals surface area contributed by atoms with Gasteiger partial charge < -0.3 is 4.43 Å². The van der Waals surface area contributed by atoms with Crippen LogP contribution >= 0.6 is 0 Å². The normalized spacial score (nSPS) is 14.1. The molecule has 0 bridgehead atoms. The molecule has 0 amide bonds. The Labute approximate surface area is 156 Å². The van der Waals surface area contributed by atoms with Crippen LogP contribution in [0, 0.1) is 0 Å². The second-order valence-corrected chi connectivity index (χ2v) is 19.9. The van der Waals surface area contributed by atoms with Crippen LogP contribution in [0.3, 0.4) is 0 Å². The zero-order chi connectivity index (χ0) is 18.5. The summed E-state index contributed by atoms with van der Waals surface area (Å²) in [5.74, 6) is 0. The zero-order valence-corrected chi connectivity index (χ0v) is 20.2. The number of hydrogen-bond acceptors (Lipinski definition) is 1. The molecule has 0 aliphatic rings. The van der Waals surface area contributed by atoms with Crippen molar-refractivity contribution in [3.8, 4) is 0 Å². The summed E-state index contributed by atoms with van der Waals surface area (Å²) in [5.41, 5.74) is 1.40. The molecule has 0 N–H and O–H groups in total. The minimum Gasteiger partial charge on any atom is -0.415 e. The fraction of sp³-hybridized carbons (Fsp3) is 1.00. The van der Waals surface area contributed by atoms with Crippen molar-refractivity contribution >= 4 is 16.4 Å². The Morgan fingerprint density at radius 1 is 0.625 bits per heavy atom. The maximum atomic E-state index is 6.78. The maximum absolute atomic E-state index is 6.78. The predicted octanol–water partition coefficient (Wildman–Crippen LogP) is 8.18. The van der Waals surface area contributed by atoms with Crippen LogP contribution in [0.4, 0.5) is 0 Å². The first-order valence-electron chi connectivity index (χ1n) is 10.9. The van der Waals surface area contributed by atoms with E-state index in [0.717, 1.165) is 0 Å². The maximum Gasteiger partial charge on any atom is 0.184 e. The molecular weight excluding hydrogens is 324 g/mol. The van der Waals surface area contributed by atoms with Crippen molar-refractivity contribution < 1.29 is 4.43 Å². The quantitative estimate of drug-likeness (QED) is 0.196. The van der Waals surface area contributed by atoms with Gasteiger partial charge in [0.25, 0.3) is 0 Å². The van der Waals surface area contributed by atoms with Gasteiger partial charge in [0.05, 0.1) is 0 Å². The standard InChI is InChI=1S/C21H48OSi2/c1-8-10-12-13-14-15-17-19-21(18-16-11-9-2)22-24(6,7)20-23(3,4)5/h21H,8-20H2,1-7H3. The summed E-state index contributed by atoms with van der Waals surface area (Å²) in [7, 11) is -2.50. The molecule has 1 unspecified atom stereocenters. The van der Waals surface area contributed by atoms with Gasteiger partial charge in [0.2, 0.25) is 0 Å². The largest absolute Gasteiger partial charge is 0.415 e. The first kappa shape index (κ1) is 24.4. The van der Waals surface area contributed by atoms with Gasteiger partial charge in [0.15, 0.2) is 8.32 Å². The third-order valence-corrected chi connectivity index (χ3v) is 13.3. The minimum atomic E-state index is -1.49. The summed E-state index contributed by atoms with van der Waals surface area (Å²) in [6, 6.07) is 0. The molecule has 0 aliphatic carbocycles. The summed E-state index contributed by atoms with van der Waals surface area (Å²) < 4.78 is 6.78. The van der Waals surface area contributed by atoms with E-state index >= 15 is 0 Å². The highest BCUT2D eigenvalue weighted by Crippen LogP contribution is 2.25. The Morgan fingerprint density at radius 2 is 1.04 bits per heavy atom. The second kappa shape index (κ2) is 13.6. The third-order valence-electron chi connectivity index (χ3n) is 4.70. The van der Waals surface area contributed by atoms with Crippen molar-refractivity contribution in [1.82, 2.24) is 0 Å². The lowest BCUT2D eigenvalue weighted by atomic mass is 10.0. The van der Waals surface area contributed by atoms with E-state index in [1.165, 1.54) is 82.7 Å². The molecule has 0 saturated carbocycles. The van der Waals surface area contributed by atoms with Gasteiger partial charge in [-0.05, 0) is 31.6 Å². The van der Waals surface area contributed by atoms with Crippen LogP contribution in [-0.2, 0) is 4.43 Å². The summed E-state index contributed by atoms with van der Waals surface area (Å²) in [6.45, 7) is 17.0. The van der Waals surface area contributed by atoms with Gasteiger partial charge in [-0.25, -0.2) is 0 Å². The van der Waals surface area contributed by atoms with Crippen molar-refractivity contribution in [2.45, 2.75) is 135 Å². The Morgan fingerprint density at radius 3 is 1.54 bits per heavy atom. The molecule has 0 saturated heterocycles. The molecule has 0 aromatic rings. The molecule has 0 spiro atoms. The Balaban J connectivity index is 4.21. The number of rotatable bonds is 16. The number of hydrogen-bond donors (Lipinski definition) is 0. The molecule has 0 heterocycles. The van der Waals surface area contributed by atoms with E-state index in [0.29, 0.717) is 6.10 Å². The molecular formula is C21H48OSi2. The third kappa shape index (κ3) is 15.9. The average Bonchev–Trinajstić information content (AvgIpc) is 2.43. The van der Waals surface area contributed by atoms with Crippen molar-refractivity contribution in [1.29, 1.82) is 0 Å². The summed E-state index contributed by atoms with van der Waals surface area (Å²) in [6.07, 6.45) is 17.0. The zero-order valence-electron chi connectivity index (χ0n) is 18.2. The van der Waals surface area contributed by atoms with E-state index in [2.05, 4.69) is 46.6 Å². The summed E-state index contributed by atoms with van der Waals surface area (Å²) in [4.78, 5) is 0. The first-order chi connectivity index (χ1) is 11.2. The van der Waals surface area contributed by atoms with Crippen molar-refractivity contribution in [2.24, 2.45) is 0 Å². The predicted molar refractivity (Wildman–Crippen MR) is 117 cm³/mol. The average molecular weight is 373 g/mol. The fourth-order valence-electron chi connectivity index (χ4n) is 3.98. The van der Waals surface area contributed by atoms with Gasteiger partial charge in [0, 0.05) is 14.2 Å². The molecule has 1 atom stereocenters. The van der Waals surface area contributed by atoms with Crippen LogP contribution in [0.2, 0.25) is 38.4 Å². The van der Waals surface area contributed by atoms with E-state index < -0.39 is 16.4 Å². The van der Waals surface area contributed by atoms with Crippen molar-refractivity contribution in [3.05, 3.63) is 0 Å². The Bertz CT molecular complexity index is 284. The fourth-order valence-corrected chi connectivity index (χ4v) is 15.7. The van der Waals surface area contributed by atoms with Gasteiger partial charge in [-0.1, -0.05) is 97.7 Å². The van der Waals surface area contributed by atoms with Gasteiger partial charge >= 0.3 is 0 Å². The van der Waals surface area contributed by atoms with Crippen LogP contribution in [-0.4, -0.2) is 22.5 Å². The molecule has 0 radical (unpaired) electrons. The minimum absolute atomic E-state index is 0.546.